The van der Waals surface area contributed by atoms with Gasteiger partial charge in [-0.3, -0.25) is 0 Å². The van der Waals surface area contributed by atoms with Crippen LogP contribution in [0, 0.1) is 5.92 Å². The molecule has 0 saturated heterocycles. The summed E-state index contributed by atoms with van der Waals surface area (Å²) in [6, 6.07) is 8.30. The van der Waals surface area contributed by atoms with E-state index in [4.69, 9.17) is 10.5 Å². The van der Waals surface area contributed by atoms with Crippen molar-refractivity contribution >= 4 is 5.69 Å². The molecule has 0 heterocycles. The summed E-state index contributed by atoms with van der Waals surface area (Å²) in [4.78, 5) is 2.30. The van der Waals surface area contributed by atoms with Crippen molar-refractivity contribution in [3.63, 3.8) is 0 Å². The maximum Gasteiger partial charge on any atom is 0.121 e. The van der Waals surface area contributed by atoms with Crippen LogP contribution in [-0.4, -0.2) is 25.7 Å². The van der Waals surface area contributed by atoms with Gasteiger partial charge in [0.25, 0.3) is 0 Å². The Hall–Kier alpha value is -1.22. The zero-order valence-electron chi connectivity index (χ0n) is 12.0. The molecule has 102 valence electrons. The van der Waals surface area contributed by atoms with Gasteiger partial charge in [0.2, 0.25) is 0 Å². The van der Waals surface area contributed by atoms with Crippen molar-refractivity contribution in [2.45, 2.75) is 33.7 Å². The topological polar surface area (TPSA) is 38.5 Å². The summed E-state index contributed by atoms with van der Waals surface area (Å²) in [6.07, 6.45) is 0. The van der Waals surface area contributed by atoms with E-state index in [-0.39, 0.29) is 6.04 Å². The lowest BCUT2D eigenvalue weighted by Crippen LogP contribution is -2.33. The van der Waals surface area contributed by atoms with Crippen molar-refractivity contribution in [3.8, 4) is 5.75 Å². The van der Waals surface area contributed by atoms with Gasteiger partial charge < -0.3 is 15.4 Å². The third-order valence-electron chi connectivity index (χ3n) is 3.24. The Morgan fingerprint density at radius 2 is 1.89 bits per heavy atom. The molecule has 0 radical (unpaired) electrons. The predicted octanol–water partition coefficient (Wildman–Crippen LogP) is 2.89. The lowest BCUT2D eigenvalue weighted by Gasteiger charge is -2.22. The van der Waals surface area contributed by atoms with Crippen LogP contribution in [0.15, 0.2) is 24.3 Å². The third-order valence-corrected chi connectivity index (χ3v) is 3.24. The molecule has 0 aromatic heterocycles. The molecule has 3 nitrogen and oxygen atoms in total. The first kappa shape index (κ1) is 14.8. The minimum atomic E-state index is 0.0853. The lowest BCUT2D eigenvalue weighted by atomic mass is 10.1. The average Bonchev–Trinajstić information content (AvgIpc) is 2.38. The molecule has 1 rings (SSSR count). The molecule has 1 atom stereocenters. The van der Waals surface area contributed by atoms with Crippen molar-refractivity contribution in [3.05, 3.63) is 24.3 Å². The third kappa shape index (κ3) is 4.22. The summed E-state index contributed by atoms with van der Waals surface area (Å²) in [5, 5.41) is 0. The Morgan fingerprint density at radius 1 is 1.22 bits per heavy atom. The van der Waals surface area contributed by atoms with Crippen molar-refractivity contribution in [1.82, 2.24) is 0 Å². The second kappa shape index (κ2) is 7.27. The molecule has 18 heavy (non-hydrogen) atoms. The molecule has 0 aliphatic heterocycles. The second-order valence-corrected chi connectivity index (χ2v) is 4.89. The van der Waals surface area contributed by atoms with E-state index in [2.05, 4.69) is 44.7 Å². The Balaban J connectivity index is 2.64. The molecule has 0 fully saturated rings. The normalized spacial score (nSPS) is 12.6. The quantitative estimate of drug-likeness (QED) is 0.808. The summed E-state index contributed by atoms with van der Waals surface area (Å²) < 4.78 is 5.76. The van der Waals surface area contributed by atoms with Gasteiger partial charge in [-0.15, -0.1) is 0 Å². The Bertz CT molecular complexity index is 348. The number of nitrogens with two attached hydrogens (primary N) is 1. The smallest absolute Gasteiger partial charge is 0.121 e. The van der Waals surface area contributed by atoms with Gasteiger partial charge in [-0.1, -0.05) is 19.9 Å². The van der Waals surface area contributed by atoms with E-state index in [0.717, 1.165) is 18.8 Å². The van der Waals surface area contributed by atoms with E-state index in [9.17, 15) is 0 Å². The van der Waals surface area contributed by atoms with Crippen LogP contribution in [0.25, 0.3) is 0 Å². The lowest BCUT2D eigenvalue weighted by molar-refractivity contribution is 0.259. The van der Waals surface area contributed by atoms with Gasteiger partial charge in [0.15, 0.2) is 0 Å². The zero-order chi connectivity index (χ0) is 13.5. The monoisotopic (exact) mass is 250 g/mol. The molecular weight excluding hydrogens is 224 g/mol. The fourth-order valence-corrected chi connectivity index (χ4v) is 1.74. The number of ether oxygens (including phenoxy) is 1. The van der Waals surface area contributed by atoms with E-state index in [1.807, 2.05) is 12.1 Å². The Morgan fingerprint density at radius 3 is 2.44 bits per heavy atom. The van der Waals surface area contributed by atoms with Gasteiger partial charge >= 0.3 is 0 Å². The predicted molar refractivity (Wildman–Crippen MR) is 78.3 cm³/mol. The first-order valence-corrected chi connectivity index (χ1v) is 6.81. The average molecular weight is 250 g/mol. The highest BCUT2D eigenvalue weighted by molar-refractivity contribution is 5.50. The fraction of sp³-hybridized carbons (Fsp3) is 0.600. The molecular formula is C15H26N2O. The summed E-state index contributed by atoms with van der Waals surface area (Å²) >= 11 is 0. The van der Waals surface area contributed by atoms with Crippen LogP contribution in [-0.2, 0) is 0 Å². The SMILES string of the molecule is CCN(CC)c1cccc(OCC(N)C(C)C)c1. The number of hydrogen-bond donors (Lipinski definition) is 1. The summed E-state index contributed by atoms with van der Waals surface area (Å²) in [7, 11) is 0. The highest BCUT2D eigenvalue weighted by Crippen LogP contribution is 2.21. The number of benzene rings is 1. The highest BCUT2D eigenvalue weighted by atomic mass is 16.5. The van der Waals surface area contributed by atoms with Gasteiger partial charge in [0, 0.05) is 30.9 Å². The minimum Gasteiger partial charge on any atom is -0.492 e. The summed E-state index contributed by atoms with van der Waals surface area (Å²) in [6.45, 7) is 11.1. The highest BCUT2D eigenvalue weighted by Gasteiger charge is 2.09. The van der Waals surface area contributed by atoms with Crippen LogP contribution < -0.4 is 15.4 Å². The van der Waals surface area contributed by atoms with Crippen LogP contribution in [0.2, 0.25) is 0 Å². The standard InChI is InChI=1S/C15H26N2O/c1-5-17(6-2)13-8-7-9-14(10-13)18-11-15(16)12(3)4/h7-10,12,15H,5-6,11,16H2,1-4H3. The van der Waals surface area contributed by atoms with E-state index < -0.39 is 0 Å². The number of nitrogens with zero attached hydrogens (tertiary/aromatic N) is 1. The Kier molecular flexibility index (Phi) is 5.99. The molecule has 0 amide bonds. The molecule has 1 aromatic carbocycles. The molecule has 1 unspecified atom stereocenters. The number of rotatable bonds is 7. The van der Waals surface area contributed by atoms with Gasteiger partial charge in [-0.2, -0.15) is 0 Å². The molecule has 2 N–H and O–H groups in total. The fourth-order valence-electron chi connectivity index (χ4n) is 1.74. The van der Waals surface area contributed by atoms with Crippen LogP contribution in [0.3, 0.4) is 0 Å². The molecule has 0 spiro atoms. The van der Waals surface area contributed by atoms with Crippen molar-refractivity contribution in [2.75, 3.05) is 24.6 Å². The first-order valence-electron chi connectivity index (χ1n) is 6.81. The van der Waals surface area contributed by atoms with E-state index in [1.54, 1.807) is 0 Å². The molecule has 0 aliphatic carbocycles. The zero-order valence-corrected chi connectivity index (χ0v) is 12.0. The van der Waals surface area contributed by atoms with Gasteiger partial charge in [-0.05, 0) is 31.9 Å². The molecule has 3 heteroatoms. The minimum absolute atomic E-state index is 0.0853. The number of anilines is 1. The van der Waals surface area contributed by atoms with Gasteiger partial charge in [-0.25, -0.2) is 0 Å². The summed E-state index contributed by atoms with van der Waals surface area (Å²) in [5.41, 5.74) is 7.18. The van der Waals surface area contributed by atoms with Gasteiger partial charge in [0.05, 0.1) is 0 Å². The van der Waals surface area contributed by atoms with E-state index in [0.29, 0.717) is 12.5 Å². The maximum absolute atomic E-state index is 5.98. The largest absolute Gasteiger partial charge is 0.492 e. The Labute approximate surface area is 111 Å². The number of hydrogen-bond acceptors (Lipinski definition) is 3. The van der Waals surface area contributed by atoms with Crippen LogP contribution in [0.4, 0.5) is 5.69 Å². The van der Waals surface area contributed by atoms with Crippen LogP contribution in [0.1, 0.15) is 27.7 Å². The van der Waals surface area contributed by atoms with Crippen molar-refractivity contribution < 1.29 is 4.74 Å². The van der Waals surface area contributed by atoms with Crippen molar-refractivity contribution in [2.24, 2.45) is 11.7 Å². The van der Waals surface area contributed by atoms with Crippen LogP contribution in [0.5, 0.6) is 5.75 Å². The van der Waals surface area contributed by atoms with Crippen molar-refractivity contribution in [1.29, 1.82) is 0 Å². The first-order chi connectivity index (χ1) is 8.58. The van der Waals surface area contributed by atoms with Crippen LogP contribution >= 0.6 is 0 Å². The van der Waals surface area contributed by atoms with E-state index >= 15 is 0 Å². The summed E-state index contributed by atoms with van der Waals surface area (Å²) in [5.74, 6) is 1.34. The van der Waals surface area contributed by atoms with E-state index in [1.165, 1.54) is 5.69 Å². The molecule has 1 aromatic rings. The molecule has 0 saturated carbocycles. The van der Waals surface area contributed by atoms with Gasteiger partial charge in [0.1, 0.15) is 12.4 Å². The second-order valence-electron chi connectivity index (χ2n) is 4.89. The maximum atomic E-state index is 5.98. The molecule has 0 aliphatic rings. The molecule has 0 bridgehead atoms.